The van der Waals surface area contributed by atoms with Gasteiger partial charge in [0.2, 0.25) is 0 Å². The Hall–Kier alpha value is -4.85. The van der Waals surface area contributed by atoms with Crippen molar-refractivity contribution in [2.24, 2.45) is 0 Å². The molecule has 0 aromatic heterocycles. The van der Waals surface area contributed by atoms with Crippen LogP contribution in [0.5, 0.6) is 17.2 Å². The lowest BCUT2D eigenvalue weighted by molar-refractivity contribution is 0.340. The summed E-state index contributed by atoms with van der Waals surface area (Å²) >= 11 is 0. The minimum absolute atomic E-state index is 0.603. The van der Waals surface area contributed by atoms with Crippen LogP contribution in [0, 0.1) is 41.5 Å². The summed E-state index contributed by atoms with van der Waals surface area (Å²) in [5.74, 6) is 2.63. The summed E-state index contributed by atoms with van der Waals surface area (Å²) < 4.78 is 18.6. The van der Waals surface area contributed by atoms with E-state index >= 15 is 0 Å². The van der Waals surface area contributed by atoms with Crippen LogP contribution in [0.25, 0.3) is 33.4 Å². The molecule has 0 atom stereocenters. The van der Waals surface area contributed by atoms with Gasteiger partial charge in [-0.05, 0) is 208 Å². The van der Waals surface area contributed by atoms with E-state index in [9.17, 15) is 0 Å². The molecule has 0 radical (unpaired) electrons. The maximum absolute atomic E-state index is 6.20. The molecule has 0 fully saturated rings. The average Bonchev–Trinajstić information content (AvgIpc) is 3.11. The normalized spacial score (nSPS) is 11.2. The second-order valence-electron chi connectivity index (χ2n) is 13.5. The number of rotatable bonds is 12. The highest BCUT2D eigenvalue weighted by Crippen LogP contribution is 2.47. The van der Waals surface area contributed by atoms with Crippen LogP contribution in [0.1, 0.15) is 54.2 Å². The Balaban J connectivity index is 1.80. The van der Waals surface area contributed by atoms with E-state index in [-0.39, 0.29) is 0 Å². The molecule has 0 bridgehead atoms. The summed E-state index contributed by atoms with van der Waals surface area (Å²) in [5, 5.41) is 3.84. The smallest absolute Gasteiger partial charge is 0.119 e. The maximum Gasteiger partial charge on any atom is 0.119 e. The van der Waals surface area contributed by atoms with E-state index in [2.05, 4.69) is 151 Å². The monoisotopic (exact) mass is 706 g/mol. The van der Waals surface area contributed by atoms with Gasteiger partial charge in [-0.15, -0.1) is 0 Å². The molecule has 0 aliphatic carbocycles. The first-order valence-corrected chi connectivity index (χ1v) is 19.8. The molecule has 0 saturated heterocycles. The van der Waals surface area contributed by atoms with Gasteiger partial charge in [-0.2, -0.15) is 0 Å². The molecule has 6 rings (SSSR count). The molecule has 0 saturated carbocycles. The van der Waals surface area contributed by atoms with E-state index in [1.54, 1.807) is 0 Å². The molecule has 0 amide bonds. The van der Waals surface area contributed by atoms with Crippen LogP contribution in [-0.4, -0.2) is 19.8 Å². The van der Waals surface area contributed by atoms with Gasteiger partial charge < -0.3 is 14.2 Å². The summed E-state index contributed by atoms with van der Waals surface area (Å²) in [6.45, 7) is 21.3. The van der Waals surface area contributed by atoms with Gasteiger partial charge in [0.25, 0.3) is 0 Å². The molecule has 0 N–H and O–H groups in total. The van der Waals surface area contributed by atoms with Gasteiger partial charge in [-0.25, -0.2) is 0 Å². The molecule has 0 unspecified atom stereocenters. The van der Waals surface area contributed by atoms with E-state index in [0.29, 0.717) is 19.8 Å². The Kier molecular flexibility index (Phi) is 11.5. The number of ether oxygens (including phenoxy) is 3. The molecule has 4 heteroatoms. The third kappa shape index (κ3) is 7.39. The summed E-state index contributed by atoms with van der Waals surface area (Å²) in [4.78, 5) is 0. The van der Waals surface area contributed by atoms with Gasteiger partial charge in [-0.3, -0.25) is 0 Å². The van der Waals surface area contributed by atoms with Crippen molar-refractivity contribution in [3.63, 3.8) is 0 Å². The number of hydrogen-bond acceptors (Lipinski definition) is 3. The fourth-order valence-electron chi connectivity index (χ4n) is 7.61. The van der Waals surface area contributed by atoms with Crippen LogP contribution in [0.15, 0.2) is 109 Å². The molecule has 0 aliphatic rings. The first kappa shape index (κ1) is 36.9. The minimum Gasteiger partial charge on any atom is -0.494 e. The summed E-state index contributed by atoms with van der Waals surface area (Å²) in [6.07, 6.45) is 0. The van der Waals surface area contributed by atoms with Crippen molar-refractivity contribution in [1.82, 2.24) is 0 Å². The number of aryl methyl sites for hydroxylation is 6. The van der Waals surface area contributed by atoms with Crippen molar-refractivity contribution in [3.8, 4) is 50.6 Å². The van der Waals surface area contributed by atoms with Gasteiger partial charge in [0, 0.05) is 0 Å². The molecule has 52 heavy (non-hydrogen) atoms. The molecule has 6 aromatic rings. The Morgan fingerprint density at radius 3 is 0.846 bits per heavy atom. The standard InChI is InChI=1S/C48H51O3P/c1-10-49-37-22-25-43(40(28-37)46-31(4)16-13-17-32(46)5)52(44-26-23-38(50-11-2)29-41(44)47-33(6)18-14-19-34(47)7)45-27-24-39(51-12-3)30-42(45)48-35(8)20-15-21-36(48)9/h13-30H,10-12H2,1-9H3. The van der Waals surface area contributed by atoms with Crippen molar-refractivity contribution >= 4 is 23.8 Å². The van der Waals surface area contributed by atoms with Gasteiger partial charge in [-0.1, -0.05) is 54.6 Å². The molecule has 0 heterocycles. The van der Waals surface area contributed by atoms with Crippen LogP contribution in [0.3, 0.4) is 0 Å². The topological polar surface area (TPSA) is 27.7 Å². The second kappa shape index (κ2) is 16.2. The number of hydrogen-bond donors (Lipinski definition) is 0. The minimum atomic E-state index is -1.19. The predicted molar refractivity (Wildman–Crippen MR) is 223 cm³/mol. The zero-order chi connectivity index (χ0) is 36.9. The van der Waals surface area contributed by atoms with Crippen molar-refractivity contribution in [3.05, 3.63) is 143 Å². The van der Waals surface area contributed by atoms with Crippen LogP contribution >= 0.6 is 7.92 Å². The lowest BCUT2D eigenvalue weighted by Gasteiger charge is -2.30. The van der Waals surface area contributed by atoms with E-state index < -0.39 is 7.92 Å². The average molecular weight is 707 g/mol. The van der Waals surface area contributed by atoms with Crippen molar-refractivity contribution < 1.29 is 14.2 Å². The predicted octanol–water partition coefficient (Wildman–Crippen LogP) is 11.5. The van der Waals surface area contributed by atoms with Crippen molar-refractivity contribution in [1.29, 1.82) is 0 Å². The molecular formula is C48H51O3P. The summed E-state index contributed by atoms with van der Waals surface area (Å²) in [7, 11) is -1.19. The zero-order valence-corrected chi connectivity index (χ0v) is 33.1. The third-order valence-corrected chi connectivity index (χ3v) is 12.4. The Morgan fingerprint density at radius 1 is 0.365 bits per heavy atom. The fourth-order valence-corrected chi connectivity index (χ4v) is 10.3. The van der Waals surface area contributed by atoms with Gasteiger partial charge in [0.05, 0.1) is 19.8 Å². The van der Waals surface area contributed by atoms with Crippen LogP contribution in [-0.2, 0) is 0 Å². The molecule has 0 spiro atoms. The molecule has 0 aliphatic heterocycles. The zero-order valence-electron chi connectivity index (χ0n) is 32.2. The van der Waals surface area contributed by atoms with E-state index in [1.165, 1.54) is 82.7 Å². The van der Waals surface area contributed by atoms with Crippen molar-refractivity contribution in [2.45, 2.75) is 62.3 Å². The second-order valence-corrected chi connectivity index (χ2v) is 15.6. The maximum atomic E-state index is 6.20. The highest BCUT2D eigenvalue weighted by molar-refractivity contribution is 7.80. The SMILES string of the molecule is CCOc1ccc(P(c2ccc(OCC)cc2-c2c(C)cccc2C)c2ccc(OCC)cc2-c2c(C)cccc2C)c(-c2c(C)cccc2C)c1. The third-order valence-electron chi connectivity index (χ3n) is 9.81. The first-order valence-electron chi connectivity index (χ1n) is 18.5. The summed E-state index contributed by atoms with van der Waals surface area (Å²) in [5.41, 5.74) is 14.8. The van der Waals surface area contributed by atoms with Crippen LogP contribution < -0.4 is 30.1 Å². The molecule has 3 nitrogen and oxygen atoms in total. The highest BCUT2D eigenvalue weighted by Gasteiger charge is 2.29. The quantitative estimate of drug-likeness (QED) is 0.119. The van der Waals surface area contributed by atoms with E-state index in [1.807, 2.05) is 20.8 Å². The lowest BCUT2D eigenvalue weighted by Crippen LogP contribution is -2.26. The lowest BCUT2D eigenvalue weighted by atomic mass is 9.95. The van der Waals surface area contributed by atoms with E-state index in [0.717, 1.165) is 17.2 Å². The van der Waals surface area contributed by atoms with Crippen molar-refractivity contribution in [2.75, 3.05) is 19.8 Å². The molecule has 266 valence electrons. The van der Waals surface area contributed by atoms with Gasteiger partial charge in [0.15, 0.2) is 0 Å². The van der Waals surface area contributed by atoms with Gasteiger partial charge in [0.1, 0.15) is 17.2 Å². The molecule has 6 aromatic carbocycles. The summed E-state index contributed by atoms with van der Waals surface area (Å²) in [6, 6.07) is 40.1. The Labute approximate surface area is 312 Å². The Morgan fingerprint density at radius 2 is 0.615 bits per heavy atom. The highest BCUT2D eigenvalue weighted by atomic mass is 31.1. The van der Waals surface area contributed by atoms with E-state index in [4.69, 9.17) is 14.2 Å². The largest absolute Gasteiger partial charge is 0.494 e. The van der Waals surface area contributed by atoms with Gasteiger partial charge >= 0.3 is 0 Å². The Bertz CT molecular complexity index is 1910. The number of benzene rings is 6. The van der Waals surface area contributed by atoms with Crippen LogP contribution in [0.4, 0.5) is 0 Å². The first-order chi connectivity index (χ1) is 25.2. The molecular weight excluding hydrogens is 655 g/mol. The van der Waals surface area contributed by atoms with Crippen LogP contribution in [0.2, 0.25) is 0 Å². The fraction of sp³-hybridized carbons (Fsp3) is 0.250.